The number of primary amides is 1. The summed E-state index contributed by atoms with van der Waals surface area (Å²) in [5.41, 5.74) is 9.77. The largest absolute Gasteiger partial charge is 0.481 e. The lowest BCUT2D eigenvalue weighted by Crippen LogP contribution is -2.49. The van der Waals surface area contributed by atoms with Crippen LogP contribution in [0, 0.1) is 0 Å². The number of nitrogens with one attached hydrogen (secondary N) is 3. The van der Waals surface area contributed by atoms with Gasteiger partial charge in [-0.2, -0.15) is 4.98 Å². The minimum Gasteiger partial charge on any atom is -0.481 e. The zero-order valence-electron chi connectivity index (χ0n) is 14.3. The van der Waals surface area contributed by atoms with Crippen LogP contribution in [0.2, 0.25) is 0 Å². The molecule has 0 saturated carbocycles. The number of carboxylic acid groups (broad SMARTS) is 1. The first-order chi connectivity index (χ1) is 12.0. The maximum absolute atomic E-state index is 11.1. The predicted octanol–water partition coefficient (Wildman–Crippen LogP) is -2.10. The van der Waals surface area contributed by atoms with Gasteiger partial charge >= 0.3 is 11.7 Å². The molecule has 2 atom stereocenters. The van der Waals surface area contributed by atoms with Crippen molar-refractivity contribution < 1.29 is 24.3 Å². The molecule has 1 heterocycles. The summed E-state index contributed by atoms with van der Waals surface area (Å²) in [5.74, 6) is -2.35. The van der Waals surface area contributed by atoms with E-state index in [1.165, 1.54) is 26.1 Å². The molecule has 0 fully saturated rings. The Labute approximate surface area is 148 Å². The Morgan fingerprint density at radius 2 is 1.96 bits per heavy atom. The van der Waals surface area contributed by atoms with E-state index >= 15 is 0 Å². The number of aromatic nitrogens is 2. The molecule has 1 rings (SSSR count). The number of carboxylic acids is 1. The third-order valence-electron chi connectivity index (χ3n) is 2.69. The fourth-order valence-corrected chi connectivity index (χ4v) is 1.48. The number of rotatable bonds is 7. The Morgan fingerprint density at radius 1 is 1.35 bits per heavy atom. The van der Waals surface area contributed by atoms with E-state index in [9.17, 15) is 24.0 Å². The summed E-state index contributed by atoms with van der Waals surface area (Å²) in [7, 11) is 0. The summed E-state index contributed by atoms with van der Waals surface area (Å²) in [6.45, 7) is 2.80. The number of hydrogen-bond donors (Lipinski definition) is 6. The topological polar surface area (TPSA) is 210 Å². The average molecular weight is 370 g/mol. The highest BCUT2D eigenvalue weighted by molar-refractivity contribution is 5.89. The molecule has 2 unspecified atom stereocenters. The summed E-state index contributed by atoms with van der Waals surface area (Å²) >= 11 is 0. The predicted molar refractivity (Wildman–Crippen MR) is 90.8 cm³/mol. The number of aliphatic carboxylic acids is 1. The Kier molecular flexibility index (Phi) is 9.88. The van der Waals surface area contributed by atoms with Gasteiger partial charge in [0.2, 0.25) is 17.7 Å². The quantitative estimate of drug-likeness (QED) is 0.312. The molecule has 0 aliphatic heterocycles. The summed E-state index contributed by atoms with van der Waals surface area (Å²) in [4.78, 5) is 59.0. The molecule has 0 radical (unpaired) electrons. The molecular weight excluding hydrogens is 348 g/mol. The lowest BCUT2D eigenvalue weighted by atomic mass is 10.1. The Hall–Kier alpha value is -3.28. The monoisotopic (exact) mass is 370 g/mol. The smallest absolute Gasteiger partial charge is 0.346 e. The molecule has 0 saturated heterocycles. The molecule has 26 heavy (non-hydrogen) atoms. The van der Waals surface area contributed by atoms with Gasteiger partial charge in [-0.05, 0) is 19.4 Å². The molecule has 0 aliphatic carbocycles. The second kappa shape index (κ2) is 11.3. The SMILES string of the molecule is CC(=O)Nc1cc[nH]c(=O)n1.CC(N)C(=O)NC(CCC(=O)O)C(N)=O. The molecule has 12 nitrogen and oxygen atoms in total. The van der Waals surface area contributed by atoms with Gasteiger partial charge in [-0.3, -0.25) is 19.2 Å². The van der Waals surface area contributed by atoms with Crippen LogP contribution in [0.25, 0.3) is 0 Å². The van der Waals surface area contributed by atoms with Crippen molar-refractivity contribution in [3.05, 3.63) is 22.7 Å². The average Bonchev–Trinajstić information content (AvgIpc) is 2.50. The zero-order valence-corrected chi connectivity index (χ0v) is 14.3. The van der Waals surface area contributed by atoms with Crippen LogP contribution in [-0.4, -0.2) is 50.8 Å². The van der Waals surface area contributed by atoms with Gasteiger partial charge in [0.05, 0.1) is 6.04 Å². The second-order valence-corrected chi connectivity index (χ2v) is 5.15. The number of hydrogen-bond acceptors (Lipinski definition) is 7. The maximum atomic E-state index is 11.1. The van der Waals surface area contributed by atoms with Gasteiger partial charge in [-0.25, -0.2) is 4.79 Å². The maximum Gasteiger partial charge on any atom is 0.346 e. The van der Waals surface area contributed by atoms with Gasteiger partial charge in [0, 0.05) is 19.5 Å². The van der Waals surface area contributed by atoms with Gasteiger partial charge in [0.1, 0.15) is 11.9 Å². The molecule has 0 spiro atoms. The molecule has 0 aromatic carbocycles. The van der Waals surface area contributed by atoms with E-state index in [-0.39, 0.29) is 24.6 Å². The van der Waals surface area contributed by atoms with Crippen molar-refractivity contribution in [1.29, 1.82) is 0 Å². The van der Waals surface area contributed by atoms with Gasteiger partial charge in [-0.15, -0.1) is 0 Å². The number of H-pyrrole nitrogens is 1. The molecule has 12 heteroatoms. The highest BCUT2D eigenvalue weighted by atomic mass is 16.4. The van der Waals surface area contributed by atoms with E-state index in [1.807, 2.05) is 0 Å². The van der Waals surface area contributed by atoms with Crippen molar-refractivity contribution in [3.63, 3.8) is 0 Å². The fourth-order valence-electron chi connectivity index (χ4n) is 1.48. The third-order valence-corrected chi connectivity index (χ3v) is 2.69. The minimum absolute atomic E-state index is 0.0386. The Balaban J connectivity index is 0.000000502. The Bertz CT molecular complexity index is 701. The lowest BCUT2D eigenvalue weighted by Gasteiger charge is -2.15. The molecule has 1 aromatic heterocycles. The molecule has 1 aromatic rings. The Morgan fingerprint density at radius 3 is 2.38 bits per heavy atom. The molecule has 3 amide bonds. The van der Waals surface area contributed by atoms with Crippen LogP contribution < -0.4 is 27.8 Å². The fraction of sp³-hybridized carbons (Fsp3) is 0.429. The van der Waals surface area contributed by atoms with Crippen molar-refractivity contribution in [2.45, 2.75) is 38.8 Å². The highest BCUT2D eigenvalue weighted by Gasteiger charge is 2.20. The van der Waals surface area contributed by atoms with Crippen LogP contribution in [-0.2, 0) is 19.2 Å². The van der Waals surface area contributed by atoms with Crippen molar-refractivity contribution in [1.82, 2.24) is 15.3 Å². The normalized spacial score (nSPS) is 12.0. The zero-order chi connectivity index (χ0) is 20.3. The van der Waals surface area contributed by atoms with Crippen molar-refractivity contribution in [2.24, 2.45) is 11.5 Å². The van der Waals surface area contributed by atoms with E-state index in [1.54, 1.807) is 0 Å². The van der Waals surface area contributed by atoms with E-state index < -0.39 is 35.6 Å². The van der Waals surface area contributed by atoms with Crippen LogP contribution in [0.5, 0.6) is 0 Å². The second-order valence-electron chi connectivity index (χ2n) is 5.15. The number of anilines is 1. The summed E-state index contributed by atoms with van der Waals surface area (Å²) in [6.07, 6.45) is 1.14. The standard InChI is InChI=1S/C8H15N3O4.C6H7N3O2/c1-4(9)8(15)11-5(7(10)14)2-3-6(12)13;1-4(10)8-5-2-3-7-6(11)9-5/h4-5H,2-3,9H2,1H3,(H2,10,14)(H,11,15)(H,12,13);2-3H,1H3,(H2,7,8,9,10,11). The van der Waals surface area contributed by atoms with Crippen LogP contribution in [0.1, 0.15) is 26.7 Å². The highest BCUT2D eigenvalue weighted by Crippen LogP contribution is 1.97. The lowest BCUT2D eigenvalue weighted by molar-refractivity contribution is -0.137. The van der Waals surface area contributed by atoms with Gasteiger partial charge < -0.3 is 32.2 Å². The number of carbonyl (C=O) groups is 4. The van der Waals surface area contributed by atoms with E-state index in [4.69, 9.17) is 16.6 Å². The van der Waals surface area contributed by atoms with Crippen molar-refractivity contribution >= 4 is 29.5 Å². The number of amides is 3. The van der Waals surface area contributed by atoms with E-state index in [2.05, 4.69) is 20.6 Å². The van der Waals surface area contributed by atoms with Crippen molar-refractivity contribution in [3.8, 4) is 0 Å². The van der Waals surface area contributed by atoms with E-state index in [0.29, 0.717) is 0 Å². The molecule has 0 bridgehead atoms. The van der Waals surface area contributed by atoms with Gasteiger partial charge in [0.15, 0.2) is 0 Å². The van der Waals surface area contributed by atoms with Crippen LogP contribution in [0.3, 0.4) is 0 Å². The molecular formula is C14H22N6O6. The van der Waals surface area contributed by atoms with Crippen LogP contribution >= 0.6 is 0 Å². The first kappa shape index (κ1) is 22.7. The van der Waals surface area contributed by atoms with Gasteiger partial charge in [-0.1, -0.05) is 0 Å². The van der Waals surface area contributed by atoms with E-state index in [0.717, 1.165) is 0 Å². The summed E-state index contributed by atoms with van der Waals surface area (Å²) < 4.78 is 0. The molecule has 8 N–H and O–H groups in total. The number of nitrogens with two attached hydrogens (primary N) is 2. The number of nitrogens with zero attached hydrogens (tertiary/aromatic N) is 1. The van der Waals surface area contributed by atoms with Crippen LogP contribution in [0.15, 0.2) is 17.1 Å². The van der Waals surface area contributed by atoms with Crippen LogP contribution in [0.4, 0.5) is 5.82 Å². The summed E-state index contributed by atoms with van der Waals surface area (Å²) in [6, 6.07) is -0.251. The minimum atomic E-state index is -1.06. The molecule has 0 aliphatic rings. The first-order valence-electron chi connectivity index (χ1n) is 7.43. The van der Waals surface area contributed by atoms with Crippen molar-refractivity contribution in [2.75, 3.05) is 5.32 Å². The molecule has 144 valence electrons. The number of aromatic amines is 1. The third kappa shape index (κ3) is 10.5. The van der Waals surface area contributed by atoms with Gasteiger partial charge in [0.25, 0.3) is 0 Å². The first-order valence-corrected chi connectivity index (χ1v) is 7.43. The number of carbonyl (C=O) groups excluding carboxylic acids is 3. The summed E-state index contributed by atoms with van der Waals surface area (Å²) in [5, 5.41) is 13.0.